The molecular formula is C21H23Cl2N3O4S. The van der Waals surface area contributed by atoms with Crippen LogP contribution in [0.4, 0.5) is 0 Å². The molecule has 1 heterocycles. The van der Waals surface area contributed by atoms with Crippen molar-refractivity contribution in [2.75, 3.05) is 26.2 Å². The first-order valence-corrected chi connectivity index (χ1v) is 12.0. The van der Waals surface area contributed by atoms with E-state index in [0.717, 1.165) is 25.9 Å². The lowest BCUT2D eigenvalue weighted by Gasteiger charge is -2.33. The van der Waals surface area contributed by atoms with Gasteiger partial charge in [0.1, 0.15) is 11.9 Å². The number of benzene rings is 2. The second kappa shape index (κ2) is 10.6. The number of nitrogens with one attached hydrogen (secondary N) is 1. The van der Waals surface area contributed by atoms with E-state index in [2.05, 4.69) is 9.62 Å². The number of nitrogens with zero attached hydrogens (tertiary/aromatic N) is 2. The van der Waals surface area contributed by atoms with Gasteiger partial charge in [-0.05, 0) is 43.2 Å². The average Bonchev–Trinajstić information content (AvgIpc) is 2.76. The zero-order valence-electron chi connectivity index (χ0n) is 16.7. The molecule has 1 fully saturated rings. The van der Waals surface area contributed by atoms with E-state index in [9.17, 15) is 13.5 Å². The number of hydrogen-bond acceptors (Lipinski definition) is 6. The van der Waals surface area contributed by atoms with Crippen molar-refractivity contribution in [1.29, 1.82) is 5.26 Å². The number of rotatable bonds is 8. The van der Waals surface area contributed by atoms with Gasteiger partial charge in [0.05, 0.1) is 32.7 Å². The molecule has 3 rings (SSSR count). The lowest BCUT2D eigenvalue weighted by Crippen LogP contribution is -2.45. The van der Waals surface area contributed by atoms with E-state index in [4.69, 9.17) is 33.2 Å². The number of halogens is 2. The quantitative estimate of drug-likeness (QED) is 0.597. The third kappa shape index (κ3) is 6.81. The second-order valence-electron chi connectivity index (χ2n) is 7.34. The molecule has 0 saturated carbocycles. The van der Waals surface area contributed by atoms with Crippen molar-refractivity contribution in [2.24, 2.45) is 0 Å². The molecule has 0 aliphatic carbocycles. The van der Waals surface area contributed by atoms with E-state index in [0.29, 0.717) is 22.3 Å². The number of β-amino-alcohol motifs (C(OH)–C–C–N with tert-alkyl or cyclic N) is 1. The van der Waals surface area contributed by atoms with Crippen molar-refractivity contribution in [3.8, 4) is 11.8 Å². The minimum atomic E-state index is -3.80. The molecule has 1 saturated heterocycles. The van der Waals surface area contributed by atoms with Gasteiger partial charge in [0, 0.05) is 32.2 Å². The third-order valence-electron chi connectivity index (χ3n) is 4.98. The first kappa shape index (κ1) is 23.8. The Morgan fingerprint density at radius 3 is 2.61 bits per heavy atom. The Morgan fingerprint density at radius 2 is 1.94 bits per heavy atom. The zero-order chi connectivity index (χ0) is 22.4. The van der Waals surface area contributed by atoms with Gasteiger partial charge in [-0.3, -0.25) is 0 Å². The van der Waals surface area contributed by atoms with E-state index in [1.807, 2.05) is 6.07 Å². The molecule has 2 N–H and O–H groups in total. The summed E-state index contributed by atoms with van der Waals surface area (Å²) in [5.74, 6) is 0.669. The van der Waals surface area contributed by atoms with Crippen LogP contribution in [-0.4, -0.2) is 56.8 Å². The molecule has 2 aromatic rings. The number of aliphatic hydroxyl groups is 1. The molecule has 0 radical (unpaired) electrons. The maximum absolute atomic E-state index is 12.4. The van der Waals surface area contributed by atoms with Gasteiger partial charge in [-0.2, -0.15) is 5.26 Å². The molecule has 0 amide bonds. The number of aliphatic hydroxyl groups excluding tert-OH is 1. The van der Waals surface area contributed by atoms with Crippen molar-refractivity contribution < 1.29 is 18.3 Å². The molecule has 31 heavy (non-hydrogen) atoms. The number of hydrogen-bond donors (Lipinski definition) is 2. The van der Waals surface area contributed by atoms with Crippen molar-refractivity contribution in [1.82, 2.24) is 9.62 Å². The van der Waals surface area contributed by atoms with Crippen molar-refractivity contribution in [3.63, 3.8) is 0 Å². The highest BCUT2D eigenvalue weighted by atomic mass is 35.5. The maximum Gasteiger partial charge on any atom is 0.240 e. The summed E-state index contributed by atoms with van der Waals surface area (Å²) in [6.07, 6.45) is 0.734. The molecule has 0 spiro atoms. The Morgan fingerprint density at radius 1 is 1.19 bits per heavy atom. The topological polar surface area (TPSA) is 103 Å². The van der Waals surface area contributed by atoms with Gasteiger partial charge in [-0.25, -0.2) is 13.1 Å². The normalized spacial score (nSPS) is 16.6. The molecule has 1 aliphatic heterocycles. The Bertz CT molecular complexity index is 1050. The third-order valence-corrected chi connectivity index (χ3v) is 7.14. The van der Waals surface area contributed by atoms with Crippen molar-refractivity contribution >= 4 is 33.2 Å². The van der Waals surface area contributed by atoms with Crippen molar-refractivity contribution in [2.45, 2.75) is 29.9 Å². The Kier molecular flexibility index (Phi) is 8.17. The standard InChI is InChI=1S/C21H23Cl2N3O4S/c22-20-5-4-18(11-21(20)23)30-17-6-8-26(9-7-17)14-16(27)13-25-31(28,29)19-3-1-2-15(10-19)12-24/h1-5,10-11,16-17,25,27H,6-9,13-14H2/t16-/m1/s1. The fraction of sp³-hybridized carbons (Fsp3) is 0.381. The van der Waals surface area contributed by atoms with Crippen LogP contribution in [0.5, 0.6) is 5.75 Å². The number of likely N-dealkylation sites (tertiary alicyclic amines) is 1. The van der Waals surface area contributed by atoms with Gasteiger partial charge in [-0.15, -0.1) is 0 Å². The van der Waals surface area contributed by atoms with Crippen LogP contribution in [0, 0.1) is 11.3 Å². The summed E-state index contributed by atoms with van der Waals surface area (Å²) in [6.45, 7) is 1.68. The van der Waals surface area contributed by atoms with E-state index in [-0.39, 0.29) is 23.1 Å². The lowest BCUT2D eigenvalue weighted by molar-refractivity contribution is 0.0630. The average molecular weight is 484 g/mol. The summed E-state index contributed by atoms with van der Waals surface area (Å²) in [7, 11) is -3.80. The summed E-state index contributed by atoms with van der Waals surface area (Å²) in [5.41, 5.74) is 0.259. The first-order valence-electron chi connectivity index (χ1n) is 9.79. The fourth-order valence-electron chi connectivity index (χ4n) is 3.34. The van der Waals surface area contributed by atoms with Gasteiger partial charge in [-0.1, -0.05) is 29.3 Å². The van der Waals surface area contributed by atoms with E-state index in [1.54, 1.807) is 18.2 Å². The summed E-state index contributed by atoms with van der Waals surface area (Å²) >= 11 is 11.9. The fourth-order valence-corrected chi connectivity index (χ4v) is 4.74. The monoisotopic (exact) mass is 483 g/mol. The molecule has 166 valence electrons. The summed E-state index contributed by atoms with van der Waals surface area (Å²) < 4.78 is 33.1. The molecule has 1 atom stereocenters. The molecule has 10 heteroatoms. The summed E-state index contributed by atoms with van der Waals surface area (Å²) in [6, 6.07) is 12.8. The molecule has 0 unspecified atom stereocenters. The lowest BCUT2D eigenvalue weighted by atomic mass is 10.1. The molecule has 1 aliphatic rings. The van der Waals surface area contributed by atoms with Gasteiger partial charge < -0.3 is 14.7 Å². The minimum Gasteiger partial charge on any atom is -0.490 e. The van der Waals surface area contributed by atoms with Gasteiger partial charge in [0.2, 0.25) is 10.0 Å². The van der Waals surface area contributed by atoms with Gasteiger partial charge in [0.15, 0.2) is 0 Å². The van der Waals surface area contributed by atoms with Gasteiger partial charge >= 0.3 is 0 Å². The van der Waals surface area contributed by atoms with Crippen LogP contribution >= 0.6 is 23.2 Å². The number of piperidine rings is 1. The Hall–Kier alpha value is -1.86. The van der Waals surface area contributed by atoms with Crippen LogP contribution in [-0.2, 0) is 10.0 Å². The van der Waals surface area contributed by atoms with Crippen LogP contribution in [0.15, 0.2) is 47.4 Å². The maximum atomic E-state index is 12.4. The second-order valence-corrected chi connectivity index (χ2v) is 9.92. The van der Waals surface area contributed by atoms with E-state index < -0.39 is 16.1 Å². The van der Waals surface area contributed by atoms with Crippen LogP contribution in [0.1, 0.15) is 18.4 Å². The number of sulfonamides is 1. The smallest absolute Gasteiger partial charge is 0.240 e. The predicted molar refractivity (Wildman–Crippen MR) is 119 cm³/mol. The van der Waals surface area contributed by atoms with Crippen LogP contribution in [0.2, 0.25) is 10.0 Å². The number of nitriles is 1. The first-order chi connectivity index (χ1) is 14.8. The highest BCUT2D eigenvalue weighted by Crippen LogP contribution is 2.28. The van der Waals surface area contributed by atoms with Crippen LogP contribution < -0.4 is 9.46 Å². The van der Waals surface area contributed by atoms with Crippen molar-refractivity contribution in [3.05, 3.63) is 58.1 Å². The predicted octanol–water partition coefficient (Wildman–Crippen LogP) is 3.05. The molecule has 0 aromatic heterocycles. The van der Waals surface area contributed by atoms with Gasteiger partial charge in [0.25, 0.3) is 0 Å². The molecule has 7 nitrogen and oxygen atoms in total. The van der Waals surface area contributed by atoms with E-state index >= 15 is 0 Å². The summed E-state index contributed by atoms with van der Waals surface area (Å²) in [5, 5.41) is 20.1. The van der Waals surface area contributed by atoms with Crippen LogP contribution in [0.3, 0.4) is 0 Å². The molecular weight excluding hydrogens is 461 g/mol. The zero-order valence-corrected chi connectivity index (χ0v) is 19.0. The molecule has 2 aromatic carbocycles. The highest BCUT2D eigenvalue weighted by Gasteiger charge is 2.23. The minimum absolute atomic E-state index is 0.000911. The summed E-state index contributed by atoms with van der Waals surface area (Å²) in [4.78, 5) is 2.07. The Labute approximate surface area is 192 Å². The highest BCUT2D eigenvalue weighted by molar-refractivity contribution is 7.89. The largest absolute Gasteiger partial charge is 0.490 e. The van der Waals surface area contributed by atoms with E-state index in [1.165, 1.54) is 24.3 Å². The number of ether oxygens (including phenoxy) is 1. The molecule has 0 bridgehead atoms. The Balaban J connectivity index is 1.44. The van der Waals surface area contributed by atoms with Crippen LogP contribution in [0.25, 0.3) is 0 Å². The SMILES string of the molecule is N#Cc1cccc(S(=O)(=O)NC[C@@H](O)CN2CCC(Oc3ccc(Cl)c(Cl)c3)CC2)c1.